The molecule has 0 saturated heterocycles. The number of hydrogen-bond acceptors (Lipinski definition) is 3. The summed E-state index contributed by atoms with van der Waals surface area (Å²) in [5.41, 5.74) is 1.62. The molecule has 1 aromatic rings. The molecule has 0 aromatic heterocycles. The smallest absolute Gasteiger partial charge is 0.338 e. The molecular formula is C36H50O3. The van der Waals surface area contributed by atoms with E-state index in [1.807, 2.05) is 30.3 Å². The molecule has 3 nitrogen and oxygen atoms in total. The van der Waals surface area contributed by atoms with E-state index in [9.17, 15) is 9.59 Å². The van der Waals surface area contributed by atoms with Gasteiger partial charge in [0.2, 0.25) is 0 Å². The molecule has 0 bridgehead atoms. The highest BCUT2D eigenvalue weighted by atomic mass is 16.5. The van der Waals surface area contributed by atoms with Gasteiger partial charge in [-0.25, -0.2) is 4.79 Å². The van der Waals surface area contributed by atoms with Crippen LogP contribution >= 0.6 is 0 Å². The van der Waals surface area contributed by atoms with Gasteiger partial charge in [-0.1, -0.05) is 83.5 Å². The van der Waals surface area contributed by atoms with E-state index < -0.39 is 5.41 Å². The van der Waals surface area contributed by atoms with E-state index >= 15 is 0 Å². The van der Waals surface area contributed by atoms with Crippen molar-refractivity contribution in [1.82, 2.24) is 0 Å². The van der Waals surface area contributed by atoms with Crippen LogP contribution < -0.4 is 0 Å². The predicted molar refractivity (Wildman–Crippen MR) is 158 cm³/mol. The molecule has 5 rings (SSSR count). The Balaban J connectivity index is 1.36. The number of fused-ring (bicyclic) bond motifs is 5. The molecule has 3 heteroatoms. The number of Topliss-reactive ketones (excluding diaryl/α,β-unsaturated/α-hetero) is 1. The van der Waals surface area contributed by atoms with Crippen molar-refractivity contribution < 1.29 is 14.3 Å². The Bertz CT molecular complexity index is 1150. The van der Waals surface area contributed by atoms with Gasteiger partial charge >= 0.3 is 5.97 Å². The molecule has 39 heavy (non-hydrogen) atoms. The van der Waals surface area contributed by atoms with Gasteiger partial charge in [0.25, 0.3) is 0 Å². The molecule has 0 aliphatic heterocycles. The van der Waals surface area contributed by atoms with Crippen LogP contribution in [0.3, 0.4) is 0 Å². The lowest BCUT2D eigenvalue weighted by molar-refractivity contribution is -0.151. The molecular weight excluding hydrogens is 480 g/mol. The van der Waals surface area contributed by atoms with Crippen molar-refractivity contribution in [3.05, 3.63) is 59.7 Å². The third-order valence-corrected chi connectivity index (χ3v) is 12.3. The topological polar surface area (TPSA) is 43.4 Å². The van der Waals surface area contributed by atoms with Crippen molar-refractivity contribution in [2.24, 2.45) is 51.8 Å². The summed E-state index contributed by atoms with van der Waals surface area (Å²) in [5.74, 6) is 3.34. The Morgan fingerprint density at radius 2 is 1.72 bits per heavy atom. The van der Waals surface area contributed by atoms with Crippen LogP contribution in [-0.2, 0) is 9.53 Å². The number of allylic oxidation sites excluding steroid dienone is 4. The molecule has 9 atom stereocenters. The lowest BCUT2D eigenvalue weighted by Gasteiger charge is -2.62. The van der Waals surface area contributed by atoms with Crippen LogP contribution in [0.15, 0.2) is 54.1 Å². The summed E-state index contributed by atoms with van der Waals surface area (Å²) >= 11 is 0. The van der Waals surface area contributed by atoms with Crippen LogP contribution in [-0.4, -0.2) is 17.9 Å². The van der Waals surface area contributed by atoms with Crippen LogP contribution in [0.1, 0.15) is 104 Å². The van der Waals surface area contributed by atoms with E-state index in [-0.39, 0.29) is 22.9 Å². The van der Waals surface area contributed by atoms with Crippen LogP contribution in [0.4, 0.5) is 0 Å². The highest BCUT2D eigenvalue weighted by Gasteiger charge is 2.66. The number of hydrogen-bond donors (Lipinski definition) is 0. The maximum atomic E-state index is 14.4. The van der Waals surface area contributed by atoms with E-state index in [1.165, 1.54) is 18.4 Å². The number of carbonyl (C=O) groups is 2. The van der Waals surface area contributed by atoms with Crippen molar-refractivity contribution in [3.8, 4) is 0 Å². The number of ketones is 1. The van der Waals surface area contributed by atoms with Crippen LogP contribution in [0.2, 0.25) is 0 Å². The van der Waals surface area contributed by atoms with Gasteiger partial charge in [-0.2, -0.15) is 0 Å². The lowest BCUT2D eigenvalue weighted by atomic mass is 9.41. The summed E-state index contributed by atoms with van der Waals surface area (Å²) in [6, 6.07) is 9.31. The zero-order valence-corrected chi connectivity index (χ0v) is 25.3. The number of ether oxygens (including phenoxy) is 1. The summed E-state index contributed by atoms with van der Waals surface area (Å²) in [6.07, 6.45) is 14.0. The molecule has 0 spiro atoms. The third-order valence-electron chi connectivity index (χ3n) is 12.3. The number of benzene rings is 1. The quantitative estimate of drug-likeness (QED) is 0.272. The molecule has 0 unspecified atom stereocenters. The van der Waals surface area contributed by atoms with Gasteiger partial charge in [0.05, 0.1) is 11.0 Å². The van der Waals surface area contributed by atoms with Crippen molar-refractivity contribution in [3.63, 3.8) is 0 Å². The monoisotopic (exact) mass is 530 g/mol. The number of carbonyl (C=O) groups excluding carboxylic acids is 2. The number of rotatable bonds is 6. The lowest BCUT2D eigenvalue weighted by Crippen LogP contribution is -2.60. The largest absolute Gasteiger partial charge is 0.459 e. The third kappa shape index (κ3) is 4.56. The summed E-state index contributed by atoms with van der Waals surface area (Å²) in [4.78, 5) is 27.1. The van der Waals surface area contributed by atoms with E-state index in [4.69, 9.17) is 4.74 Å². The van der Waals surface area contributed by atoms with Gasteiger partial charge in [-0.15, -0.1) is 0 Å². The molecule has 0 heterocycles. The molecule has 4 aliphatic carbocycles. The minimum Gasteiger partial charge on any atom is -0.459 e. The number of esters is 1. The molecule has 0 amide bonds. The highest BCUT2D eigenvalue weighted by Crippen LogP contribution is 2.70. The molecule has 0 N–H and O–H groups in total. The van der Waals surface area contributed by atoms with Crippen molar-refractivity contribution in [1.29, 1.82) is 0 Å². The van der Waals surface area contributed by atoms with E-state index in [0.717, 1.165) is 25.7 Å². The zero-order valence-electron chi connectivity index (χ0n) is 25.3. The molecule has 1 aromatic carbocycles. The first-order valence-corrected chi connectivity index (χ1v) is 15.6. The SMILES string of the molecule is CC(C)[C@@H](C)/C=C/[C@@H](C)[C@@H]1CC[C@@H]2C3=CC[C@H]4C[C@H](OC(=O)c5ccccc5)CC[C@]4(C)[C@@]3(C)C(=O)C[C@@]21C. The summed E-state index contributed by atoms with van der Waals surface area (Å²) in [7, 11) is 0. The van der Waals surface area contributed by atoms with E-state index in [2.05, 4.69) is 66.7 Å². The standard InChI is InChI=1S/C36H50O3/c1-23(2)24(3)13-14-25(4)29-17-18-30-31-16-15-27-21-28(39-33(38)26-11-9-8-10-12-26)19-20-35(27,6)36(31,7)32(37)22-34(29,30)5/h8-14,16,23-25,27-30H,15,17-22H2,1-7H3/b14-13+/t24-,25+,27-,28+,29-,30+,34+,35-,36+/m0/s1. The van der Waals surface area contributed by atoms with E-state index in [0.29, 0.717) is 53.3 Å². The molecule has 3 saturated carbocycles. The maximum absolute atomic E-state index is 14.4. The predicted octanol–water partition coefficient (Wildman–Crippen LogP) is 8.84. The minimum absolute atomic E-state index is 0.0405. The maximum Gasteiger partial charge on any atom is 0.338 e. The van der Waals surface area contributed by atoms with Gasteiger partial charge in [-0.3, -0.25) is 4.79 Å². The Hall–Kier alpha value is -2.16. The van der Waals surface area contributed by atoms with Crippen LogP contribution in [0, 0.1) is 51.8 Å². The van der Waals surface area contributed by atoms with Crippen molar-refractivity contribution in [2.75, 3.05) is 0 Å². The zero-order chi connectivity index (χ0) is 28.2. The normalized spacial score (nSPS) is 39.5. The highest BCUT2D eigenvalue weighted by molar-refractivity contribution is 5.91. The average Bonchev–Trinajstić information content (AvgIpc) is 3.25. The fourth-order valence-electron chi connectivity index (χ4n) is 9.17. The second-order valence-corrected chi connectivity index (χ2v) is 14.5. The Morgan fingerprint density at radius 1 is 1.00 bits per heavy atom. The molecule has 0 radical (unpaired) electrons. The minimum atomic E-state index is -0.408. The van der Waals surface area contributed by atoms with Gasteiger partial charge in [-0.05, 0) is 104 Å². The summed E-state index contributed by atoms with van der Waals surface area (Å²) in [5, 5.41) is 0. The van der Waals surface area contributed by atoms with Crippen molar-refractivity contribution >= 4 is 11.8 Å². The first-order chi connectivity index (χ1) is 18.4. The fraction of sp³-hybridized carbons (Fsp3) is 0.667. The second kappa shape index (κ2) is 10.3. The Labute approximate surface area is 236 Å². The van der Waals surface area contributed by atoms with Gasteiger partial charge in [0, 0.05) is 6.42 Å². The molecule has 212 valence electrons. The van der Waals surface area contributed by atoms with E-state index in [1.54, 1.807) is 0 Å². The van der Waals surface area contributed by atoms with Crippen molar-refractivity contribution in [2.45, 2.75) is 99.5 Å². The Morgan fingerprint density at radius 3 is 2.41 bits per heavy atom. The van der Waals surface area contributed by atoms with Gasteiger partial charge < -0.3 is 4.74 Å². The molecule has 4 aliphatic rings. The Kier molecular flexibility index (Phi) is 7.53. The summed E-state index contributed by atoms with van der Waals surface area (Å²) < 4.78 is 6.00. The first-order valence-electron chi connectivity index (χ1n) is 15.6. The van der Waals surface area contributed by atoms with Gasteiger partial charge in [0.1, 0.15) is 11.9 Å². The van der Waals surface area contributed by atoms with Crippen LogP contribution in [0.25, 0.3) is 0 Å². The average molecular weight is 531 g/mol. The van der Waals surface area contributed by atoms with Crippen LogP contribution in [0.5, 0.6) is 0 Å². The second-order valence-electron chi connectivity index (χ2n) is 14.5. The van der Waals surface area contributed by atoms with Gasteiger partial charge in [0.15, 0.2) is 0 Å². The first kappa shape index (κ1) is 28.4. The molecule has 3 fully saturated rings. The fourth-order valence-corrected chi connectivity index (χ4v) is 9.17. The summed E-state index contributed by atoms with van der Waals surface area (Å²) in [6.45, 7) is 16.4.